The van der Waals surface area contributed by atoms with Crippen LogP contribution in [-0.4, -0.2) is 35.1 Å². The molecule has 1 aliphatic rings. The third kappa shape index (κ3) is 2.48. The molecule has 0 aromatic heterocycles. The summed E-state index contributed by atoms with van der Waals surface area (Å²) < 4.78 is 0. The van der Waals surface area contributed by atoms with E-state index in [2.05, 4.69) is 0 Å². The van der Waals surface area contributed by atoms with Crippen molar-refractivity contribution >= 4 is 5.91 Å². The molecule has 1 amide bonds. The van der Waals surface area contributed by atoms with Gasteiger partial charge in [0.05, 0.1) is 12.6 Å². The van der Waals surface area contributed by atoms with Crippen LogP contribution in [0.2, 0.25) is 0 Å². The Morgan fingerprint density at radius 3 is 2.58 bits per heavy atom. The smallest absolute Gasteiger partial charge is 0.219 e. The molecular formula is C9H17NO2. The van der Waals surface area contributed by atoms with Gasteiger partial charge in [0.25, 0.3) is 0 Å². The highest BCUT2D eigenvalue weighted by molar-refractivity contribution is 5.73. The number of aliphatic hydroxyl groups is 1. The zero-order valence-corrected chi connectivity index (χ0v) is 7.79. The topological polar surface area (TPSA) is 40.5 Å². The van der Waals surface area contributed by atoms with Gasteiger partial charge in [-0.1, -0.05) is 0 Å². The molecule has 0 heterocycles. The predicted octanol–water partition coefficient (Wildman–Crippen LogP) is 0.626. The zero-order chi connectivity index (χ0) is 9.14. The Kier molecular flexibility index (Phi) is 3.09. The molecule has 3 nitrogen and oxygen atoms in total. The van der Waals surface area contributed by atoms with Crippen LogP contribution >= 0.6 is 0 Å². The third-order valence-electron chi connectivity index (χ3n) is 2.35. The van der Waals surface area contributed by atoms with Gasteiger partial charge in [0.2, 0.25) is 5.91 Å². The van der Waals surface area contributed by atoms with E-state index in [0.29, 0.717) is 5.92 Å². The second-order valence-corrected chi connectivity index (χ2v) is 3.65. The summed E-state index contributed by atoms with van der Waals surface area (Å²) in [6.07, 6.45) is 2.48. The quantitative estimate of drug-likeness (QED) is 0.674. The Morgan fingerprint density at radius 1 is 1.67 bits per heavy atom. The van der Waals surface area contributed by atoms with Crippen LogP contribution in [0.4, 0.5) is 0 Å². The molecule has 1 N–H and O–H groups in total. The molecular weight excluding hydrogens is 154 g/mol. The number of hydrogen-bond donors (Lipinski definition) is 1. The maximum atomic E-state index is 11.1. The first kappa shape index (κ1) is 9.52. The molecule has 70 valence electrons. The van der Waals surface area contributed by atoms with Crippen molar-refractivity contribution in [3.8, 4) is 0 Å². The number of amides is 1. The molecule has 0 aromatic carbocycles. The summed E-state index contributed by atoms with van der Waals surface area (Å²) in [5.74, 6) is 0.770. The van der Waals surface area contributed by atoms with Crippen LogP contribution in [-0.2, 0) is 4.79 Å². The average molecular weight is 171 g/mol. The van der Waals surface area contributed by atoms with Crippen molar-refractivity contribution in [2.75, 3.05) is 13.2 Å². The molecule has 0 radical (unpaired) electrons. The van der Waals surface area contributed by atoms with E-state index in [4.69, 9.17) is 5.11 Å². The maximum Gasteiger partial charge on any atom is 0.219 e. The Morgan fingerprint density at radius 2 is 2.25 bits per heavy atom. The van der Waals surface area contributed by atoms with E-state index in [1.54, 1.807) is 11.8 Å². The van der Waals surface area contributed by atoms with Crippen molar-refractivity contribution in [3.63, 3.8) is 0 Å². The van der Waals surface area contributed by atoms with E-state index in [1.807, 2.05) is 6.92 Å². The standard InChI is InChI=1S/C9H17NO2/c1-7(6-11)10(8(2)12)5-9-3-4-9/h7,9,11H,3-6H2,1-2H3/t7-/m0/s1. The molecule has 3 heteroatoms. The lowest BCUT2D eigenvalue weighted by Gasteiger charge is -2.26. The van der Waals surface area contributed by atoms with E-state index in [9.17, 15) is 4.79 Å². The van der Waals surface area contributed by atoms with E-state index in [1.165, 1.54) is 12.8 Å². The summed E-state index contributed by atoms with van der Waals surface area (Å²) in [4.78, 5) is 12.9. The minimum Gasteiger partial charge on any atom is -0.394 e. The van der Waals surface area contributed by atoms with Gasteiger partial charge >= 0.3 is 0 Å². The van der Waals surface area contributed by atoms with Gasteiger partial charge < -0.3 is 10.0 Å². The highest BCUT2D eigenvalue weighted by Gasteiger charge is 2.27. The number of rotatable bonds is 4. The van der Waals surface area contributed by atoms with E-state index < -0.39 is 0 Å². The normalized spacial score (nSPS) is 18.9. The summed E-state index contributed by atoms with van der Waals surface area (Å²) in [6, 6.07) is -0.0249. The molecule has 1 saturated carbocycles. The van der Waals surface area contributed by atoms with Gasteiger partial charge in [0.15, 0.2) is 0 Å². The van der Waals surface area contributed by atoms with Crippen molar-refractivity contribution in [1.82, 2.24) is 4.90 Å². The number of nitrogens with zero attached hydrogens (tertiary/aromatic N) is 1. The summed E-state index contributed by atoms with van der Waals surface area (Å²) in [5.41, 5.74) is 0. The maximum absolute atomic E-state index is 11.1. The third-order valence-corrected chi connectivity index (χ3v) is 2.35. The van der Waals surface area contributed by atoms with Crippen LogP contribution in [0.25, 0.3) is 0 Å². The molecule has 0 unspecified atom stereocenters. The molecule has 0 aliphatic heterocycles. The van der Waals surface area contributed by atoms with Gasteiger partial charge in [-0.25, -0.2) is 0 Å². The van der Waals surface area contributed by atoms with Gasteiger partial charge in [0.1, 0.15) is 0 Å². The molecule has 0 spiro atoms. The molecule has 1 fully saturated rings. The number of carbonyl (C=O) groups excluding carboxylic acids is 1. The highest BCUT2D eigenvalue weighted by Crippen LogP contribution is 2.30. The van der Waals surface area contributed by atoms with Crippen molar-refractivity contribution in [2.24, 2.45) is 5.92 Å². The van der Waals surface area contributed by atoms with Gasteiger partial charge in [-0.2, -0.15) is 0 Å². The van der Waals surface area contributed by atoms with Crippen LogP contribution in [0.5, 0.6) is 0 Å². The fourth-order valence-corrected chi connectivity index (χ4v) is 1.30. The first-order valence-electron chi connectivity index (χ1n) is 4.53. The lowest BCUT2D eigenvalue weighted by Crippen LogP contribution is -2.40. The fraction of sp³-hybridized carbons (Fsp3) is 0.889. The summed E-state index contributed by atoms with van der Waals surface area (Å²) in [6.45, 7) is 4.33. The number of carbonyl (C=O) groups is 1. The van der Waals surface area contributed by atoms with Gasteiger partial charge in [-0.15, -0.1) is 0 Å². The lowest BCUT2D eigenvalue weighted by molar-refractivity contribution is -0.131. The fourth-order valence-electron chi connectivity index (χ4n) is 1.30. The highest BCUT2D eigenvalue weighted by atomic mass is 16.3. The molecule has 1 aliphatic carbocycles. The Bertz CT molecular complexity index is 166. The first-order valence-corrected chi connectivity index (χ1v) is 4.53. The monoisotopic (exact) mass is 171 g/mol. The second kappa shape index (κ2) is 3.90. The SMILES string of the molecule is CC(=O)N(CC1CC1)[C@@H](C)CO. The van der Waals surface area contributed by atoms with E-state index in [0.717, 1.165) is 6.54 Å². The lowest BCUT2D eigenvalue weighted by atomic mass is 10.2. The number of aliphatic hydroxyl groups excluding tert-OH is 1. The van der Waals surface area contributed by atoms with Gasteiger partial charge in [-0.05, 0) is 25.7 Å². The van der Waals surface area contributed by atoms with E-state index in [-0.39, 0.29) is 18.6 Å². The Balaban J connectivity index is 2.40. The minimum absolute atomic E-state index is 0.0249. The molecule has 0 bridgehead atoms. The van der Waals surface area contributed by atoms with Gasteiger partial charge in [-0.3, -0.25) is 4.79 Å². The van der Waals surface area contributed by atoms with Crippen molar-refractivity contribution in [1.29, 1.82) is 0 Å². The first-order chi connectivity index (χ1) is 5.65. The van der Waals surface area contributed by atoms with Crippen molar-refractivity contribution in [3.05, 3.63) is 0 Å². The van der Waals surface area contributed by atoms with Gasteiger partial charge in [0, 0.05) is 13.5 Å². The van der Waals surface area contributed by atoms with Crippen molar-refractivity contribution in [2.45, 2.75) is 32.7 Å². The van der Waals surface area contributed by atoms with Crippen LogP contribution in [0.15, 0.2) is 0 Å². The van der Waals surface area contributed by atoms with Crippen LogP contribution in [0, 0.1) is 5.92 Å². The molecule has 12 heavy (non-hydrogen) atoms. The molecule has 1 atom stereocenters. The Hall–Kier alpha value is -0.570. The van der Waals surface area contributed by atoms with Crippen LogP contribution < -0.4 is 0 Å². The average Bonchev–Trinajstić information content (AvgIpc) is 2.81. The molecule has 0 saturated heterocycles. The summed E-state index contributed by atoms with van der Waals surface area (Å²) in [5, 5.41) is 8.89. The minimum atomic E-state index is -0.0249. The second-order valence-electron chi connectivity index (χ2n) is 3.65. The molecule has 0 aromatic rings. The van der Waals surface area contributed by atoms with E-state index >= 15 is 0 Å². The zero-order valence-electron chi connectivity index (χ0n) is 7.79. The Labute approximate surface area is 73.4 Å². The number of hydrogen-bond acceptors (Lipinski definition) is 2. The molecule has 1 rings (SSSR count). The summed E-state index contributed by atoms with van der Waals surface area (Å²) in [7, 11) is 0. The largest absolute Gasteiger partial charge is 0.394 e. The summed E-state index contributed by atoms with van der Waals surface area (Å²) >= 11 is 0. The van der Waals surface area contributed by atoms with Crippen LogP contribution in [0.1, 0.15) is 26.7 Å². The van der Waals surface area contributed by atoms with Crippen LogP contribution in [0.3, 0.4) is 0 Å². The predicted molar refractivity (Wildman–Crippen MR) is 46.7 cm³/mol. The van der Waals surface area contributed by atoms with Crippen molar-refractivity contribution < 1.29 is 9.90 Å².